The van der Waals surface area contributed by atoms with E-state index in [1.165, 1.54) is 0 Å². The number of hydrogen-bond acceptors (Lipinski definition) is 5. The zero-order chi connectivity index (χ0) is 36.0. The van der Waals surface area contributed by atoms with E-state index in [2.05, 4.69) is 97.1 Å². The molecule has 0 unspecified atom stereocenters. The third-order valence-electron chi connectivity index (χ3n) is 10.1. The van der Waals surface area contributed by atoms with Gasteiger partial charge >= 0.3 is 0 Å². The molecule has 8 aromatic carbocycles. The van der Waals surface area contributed by atoms with Gasteiger partial charge in [0.25, 0.3) is 0 Å². The standard InChI is InChI=1S/C49H31N3O2/c53-43-15-8-14-41(46(43)35-22-17-34(18-23-35)38-27-28-45-42(30-38)40-13-6-7-16-44(40)54-45)49-51-47(36-24-19-33(20-25-36)31-9-2-1-3-10-31)50-48(52-49)39-26-21-32-11-4-5-12-37(32)29-39/h1-30,53H. The minimum atomic E-state index is 0.146. The molecule has 0 amide bonds. The number of hydrogen-bond donors (Lipinski definition) is 1. The summed E-state index contributed by atoms with van der Waals surface area (Å²) in [6.07, 6.45) is 0. The first kappa shape index (κ1) is 31.4. The molecule has 0 saturated carbocycles. The van der Waals surface area contributed by atoms with Crippen molar-refractivity contribution in [3.63, 3.8) is 0 Å². The van der Waals surface area contributed by atoms with Crippen LogP contribution in [0.25, 0.3) is 100 Å². The van der Waals surface area contributed by atoms with Crippen LogP contribution in [-0.4, -0.2) is 20.1 Å². The molecule has 0 spiro atoms. The summed E-state index contributed by atoms with van der Waals surface area (Å²) in [4.78, 5) is 15.2. The van der Waals surface area contributed by atoms with Gasteiger partial charge < -0.3 is 9.52 Å². The Morgan fingerprint density at radius 1 is 0.352 bits per heavy atom. The fourth-order valence-corrected chi connectivity index (χ4v) is 7.29. The first-order valence-corrected chi connectivity index (χ1v) is 17.9. The van der Waals surface area contributed by atoms with Crippen LogP contribution in [-0.2, 0) is 0 Å². The van der Waals surface area contributed by atoms with E-state index in [0.29, 0.717) is 28.6 Å². The summed E-state index contributed by atoms with van der Waals surface area (Å²) in [6, 6.07) is 61.3. The van der Waals surface area contributed by atoms with Crippen LogP contribution < -0.4 is 0 Å². The van der Waals surface area contributed by atoms with Crippen LogP contribution in [0, 0.1) is 0 Å². The molecule has 5 nitrogen and oxygen atoms in total. The molecule has 0 saturated heterocycles. The van der Waals surface area contributed by atoms with E-state index in [9.17, 15) is 5.11 Å². The van der Waals surface area contributed by atoms with Gasteiger partial charge in [-0.25, -0.2) is 15.0 Å². The number of phenols is 1. The number of phenolic OH excluding ortho intramolecular Hbond substituents is 1. The molecule has 0 aliphatic rings. The highest BCUT2D eigenvalue weighted by Gasteiger charge is 2.19. The van der Waals surface area contributed by atoms with Crippen LogP contribution in [0.3, 0.4) is 0 Å². The summed E-state index contributed by atoms with van der Waals surface area (Å²) >= 11 is 0. The van der Waals surface area contributed by atoms with Gasteiger partial charge in [0.1, 0.15) is 16.9 Å². The molecule has 0 aliphatic carbocycles. The van der Waals surface area contributed by atoms with E-state index in [1.54, 1.807) is 6.07 Å². The van der Waals surface area contributed by atoms with Crippen molar-refractivity contribution in [3.05, 3.63) is 182 Å². The molecule has 2 heterocycles. The Hall–Kier alpha value is -7.37. The second-order valence-electron chi connectivity index (χ2n) is 13.4. The topological polar surface area (TPSA) is 72.0 Å². The minimum absolute atomic E-state index is 0.146. The molecular weight excluding hydrogens is 663 g/mol. The number of para-hydroxylation sites is 1. The Bertz CT molecular complexity index is 2990. The molecule has 0 radical (unpaired) electrons. The van der Waals surface area contributed by atoms with Crippen molar-refractivity contribution >= 4 is 32.7 Å². The SMILES string of the molecule is Oc1cccc(-c2nc(-c3ccc(-c4ccccc4)cc3)nc(-c3ccc4ccccc4c3)n2)c1-c1ccc(-c2ccc3oc4ccccc4c3c2)cc1. The lowest BCUT2D eigenvalue weighted by atomic mass is 9.95. The average molecular weight is 694 g/mol. The van der Waals surface area contributed by atoms with Crippen molar-refractivity contribution in [1.82, 2.24) is 15.0 Å². The number of benzene rings is 8. The average Bonchev–Trinajstić information content (AvgIpc) is 3.62. The first-order chi connectivity index (χ1) is 26.6. The lowest BCUT2D eigenvalue weighted by Crippen LogP contribution is -2.01. The first-order valence-electron chi connectivity index (χ1n) is 17.9. The summed E-state index contributed by atoms with van der Waals surface area (Å²) in [5.41, 5.74) is 10.1. The number of furan rings is 1. The monoisotopic (exact) mass is 693 g/mol. The largest absolute Gasteiger partial charge is 0.507 e. The number of fused-ring (bicyclic) bond motifs is 4. The molecule has 10 rings (SSSR count). The Morgan fingerprint density at radius 3 is 1.74 bits per heavy atom. The van der Waals surface area contributed by atoms with Crippen LogP contribution in [0.4, 0.5) is 0 Å². The Morgan fingerprint density at radius 2 is 0.926 bits per heavy atom. The molecule has 0 fully saturated rings. The van der Waals surface area contributed by atoms with Crippen LogP contribution in [0.1, 0.15) is 0 Å². The lowest BCUT2D eigenvalue weighted by molar-refractivity contribution is 0.477. The van der Waals surface area contributed by atoms with Gasteiger partial charge in [0.2, 0.25) is 0 Å². The summed E-state index contributed by atoms with van der Waals surface area (Å²) in [5, 5.41) is 15.9. The molecule has 0 bridgehead atoms. The molecule has 0 atom stereocenters. The lowest BCUT2D eigenvalue weighted by Gasteiger charge is -2.14. The third kappa shape index (κ3) is 5.65. The van der Waals surface area contributed by atoms with Gasteiger partial charge in [-0.1, -0.05) is 152 Å². The number of nitrogens with zero attached hydrogens (tertiary/aromatic N) is 3. The number of aromatic nitrogens is 3. The fourth-order valence-electron chi connectivity index (χ4n) is 7.29. The molecule has 5 heteroatoms. The maximum Gasteiger partial charge on any atom is 0.164 e. The van der Waals surface area contributed by atoms with Crippen molar-refractivity contribution in [2.45, 2.75) is 0 Å². The van der Waals surface area contributed by atoms with E-state index in [0.717, 1.165) is 71.7 Å². The quantitative estimate of drug-likeness (QED) is 0.188. The molecule has 254 valence electrons. The second-order valence-corrected chi connectivity index (χ2v) is 13.4. The predicted octanol–water partition coefficient (Wildman–Crippen LogP) is 12.6. The van der Waals surface area contributed by atoms with Crippen LogP contribution in [0.15, 0.2) is 186 Å². The molecule has 2 aromatic heterocycles. The van der Waals surface area contributed by atoms with Crippen molar-refractivity contribution in [2.75, 3.05) is 0 Å². The van der Waals surface area contributed by atoms with Gasteiger partial charge in [-0.05, 0) is 68.9 Å². The van der Waals surface area contributed by atoms with Crippen LogP contribution >= 0.6 is 0 Å². The maximum atomic E-state index is 11.4. The van der Waals surface area contributed by atoms with Crippen molar-refractivity contribution in [2.24, 2.45) is 0 Å². The van der Waals surface area contributed by atoms with Gasteiger partial charge in [0.15, 0.2) is 17.5 Å². The van der Waals surface area contributed by atoms with E-state index in [1.807, 2.05) is 78.9 Å². The molecular formula is C49H31N3O2. The molecule has 54 heavy (non-hydrogen) atoms. The molecule has 1 N–H and O–H groups in total. The van der Waals surface area contributed by atoms with E-state index in [-0.39, 0.29) is 5.75 Å². The molecule has 10 aromatic rings. The highest BCUT2D eigenvalue weighted by atomic mass is 16.3. The summed E-state index contributed by atoms with van der Waals surface area (Å²) in [6.45, 7) is 0. The van der Waals surface area contributed by atoms with Gasteiger partial charge in [0, 0.05) is 33.0 Å². The Balaban J connectivity index is 1.08. The van der Waals surface area contributed by atoms with Gasteiger partial charge in [-0.15, -0.1) is 0 Å². The van der Waals surface area contributed by atoms with E-state index >= 15 is 0 Å². The summed E-state index contributed by atoms with van der Waals surface area (Å²) in [7, 11) is 0. The van der Waals surface area contributed by atoms with Gasteiger partial charge in [0.05, 0.1) is 0 Å². The number of rotatable bonds is 6. The van der Waals surface area contributed by atoms with Crippen molar-refractivity contribution in [3.8, 4) is 73.3 Å². The van der Waals surface area contributed by atoms with Crippen molar-refractivity contribution in [1.29, 1.82) is 0 Å². The zero-order valence-electron chi connectivity index (χ0n) is 29.0. The maximum absolute atomic E-state index is 11.4. The van der Waals surface area contributed by atoms with E-state index < -0.39 is 0 Å². The predicted molar refractivity (Wildman–Crippen MR) is 219 cm³/mol. The van der Waals surface area contributed by atoms with Crippen LogP contribution in [0.2, 0.25) is 0 Å². The summed E-state index contributed by atoms with van der Waals surface area (Å²) < 4.78 is 6.06. The fraction of sp³-hybridized carbons (Fsp3) is 0. The molecule has 0 aliphatic heterocycles. The zero-order valence-corrected chi connectivity index (χ0v) is 29.0. The highest BCUT2D eigenvalue weighted by Crippen LogP contribution is 2.40. The smallest absolute Gasteiger partial charge is 0.164 e. The highest BCUT2D eigenvalue weighted by molar-refractivity contribution is 6.06. The van der Waals surface area contributed by atoms with Crippen LogP contribution in [0.5, 0.6) is 5.75 Å². The normalized spacial score (nSPS) is 11.4. The number of aromatic hydroxyl groups is 1. The second kappa shape index (κ2) is 13.0. The Labute approximate surface area is 311 Å². The minimum Gasteiger partial charge on any atom is -0.507 e. The Kier molecular flexibility index (Phi) is 7.55. The summed E-state index contributed by atoms with van der Waals surface area (Å²) in [5.74, 6) is 1.73. The third-order valence-corrected chi connectivity index (χ3v) is 10.1. The van der Waals surface area contributed by atoms with Crippen molar-refractivity contribution < 1.29 is 9.52 Å². The van der Waals surface area contributed by atoms with Gasteiger partial charge in [-0.3, -0.25) is 0 Å². The van der Waals surface area contributed by atoms with E-state index in [4.69, 9.17) is 19.4 Å². The van der Waals surface area contributed by atoms with Gasteiger partial charge in [-0.2, -0.15) is 0 Å².